The fourth-order valence-electron chi connectivity index (χ4n) is 4.13. The molecule has 2 aromatic rings. The Morgan fingerprint density at radius 3 is 2.41 bits per heavy atom. The Balaban J connectivity index is 1.75. The number of benzene rings is 2. The molecule has 39 heavy (non-hydrogen) atoms. The van der Waals surface area contributed by atoms with Crippen LogP contribution < -0.4 is 0 Å². The summed E-state index contributed by atoms with van der Waals surface area (Å²) >= 11 is 0. The lowest BCUT2D eigenvalue weighted by Crippen LogP contribution is -1.90. The molecule has 1 aliphatic rings. The van der Waals surface area contributed by atoms with E-state index in [1.54, 1.807) is 0 Å². The zero-order valence-corrected chi connectivity index (χ0v) is 23.3. The van der Waals surface area contributed by atoms with Crippen molar-refractivity contribution in [2.45, 2.75) is 33.1 Å². The van der Waals surface area contributed by atoms with Gasteiger partial charge in [-0.2, -0.15) is 0 Å². The van der Waals surface area contributed by atoms with Gasteiger partial charge in [0, 0.05) is 0 Å². The zero-order chi connectivity index (χ0) is 27.5. The van der Waals surface area contributed by atoms with Gasteiger partial charge in [0.05, 0.1) is 0 Å². The van der Waals surface area contributed by atoms with Crippen LogP contribution in [0.25, 0.3) is 17.7 Å². The van der Waals surface area contributed by atoms with E-state index in [0.29, 0.717) is 0 Å². The number of allylic oxidation sites excluding steroid dienone is 19. The van der Waals surface area contributed by atoms with Crippen molar-refractivity contribution in [3.63, 3.8) is 0 Å². The normalized spacial score (nSPS) is 14.9. The van der Waals surface area contributed by atoms with Gasteiger partial charge in [0.25, 0.3) is 0 Å². The van der Waals surface area contributed by atoms with E-state index in [4.69, 9.17) is 0 Å². The van der Waals surface area contributed by atoms with Gasteiger partial charge in [0.15, 0.2) is 0 Å². The maximum absolute atomic E-state index is 4.37. The predicted molar refractivity (Wildman–Crippen MR) is 175 cm³/mol. The summed E-state index contributed by atoms with van der Waals surface area (Å²) in [6.07, 6.45) is 39.2. The first kappa shape index (κ1) is 29.1. The standard InChI is InChI=1S/C39H40/c1-4-6-12-20-33(3)39(31-35-24-14-7-8-15-25-35)32-36-27-29-38(30-28-36)37(19-5-2)26-18-10-9-13-21-34-22-16-11-17-23-34/h4-7,9-17,19-30,32H,3,8,18,31H2,1-2H3/b6-4-,10-9+,19-5-,20-12-,21-13+,37-26?,39-32+. The molecule has 196 valence electrons. The molecule has 0 aromatic heterocycles. The van der Waals surface area contributed by atoms with Crippen molar-refractivity contribution in [1.29, 1.82) is 0 Å². The lowest BCUT2D eigenvalue weighted by atomic mass is 9.95. The van der Waals surface area contributed by atoms with E-state index in [2.05, 4.69) is 153 Å². The highest BCUT2D eigenvalue weighted by atomic mass is 14.1. The van der Waals surface area contributed by atoms with Crippen molar-refractivity contribution in [2.75, 3.05) is 0 Å². The quantitative estimate of drug-likeness (QED) is 0.250. The maximum Gasteiger partial charge on any atom is -0.00199 e. The average molecular weight is 509 g/mol. The van der Waals surface area contributed by atoms with Crippen molar-refractivity contribution >= 4 is 17.7 Å². The van der Waals surface area contributed by atoms with E-state index in [0.717, 1.165) is 24.8 Å². The van der Waals surface area contributed by atoms with Crippen LogP contribution in [0, 0.1) is 0 Å². The minimum atomic E-state index is 0.844. The lowest BCUT2D eigenvalue weighted by molar-refractivity contribution is 1.19. The van der Waals surface area contributed by atoms with Crippen molar-refractivity contribution < 1.29 is 0 Å². The van der Waals surface area contributed by atoms with E-state index in [-0.39, 0.29) is 0 Å². The molecule has 0 N–H and O–H groups in total. The van der Waals surface area contributed by atoms with Gasteiger partial charge < -0.3 is 0 Å². The fourth-order valence-corrected chi connectivity index (χ4v) is 4.13. The van der Waals surface area contributed by atoms with Crippen LogP contribution in [0.3, 0.4) is 0 Å². The molecule has 0 saturated carbocycles. The van der Waals surface area contributed by atoms with E-state index in [1.165, 1.54) is 33.4 Å². The third kappa shape index (κ3) is 10.8. The molecule has 0 amide bonds. The molecule has 0 heteroatoms. The largest absolute Gasteiger partial charge is 0.0915 e. The molecule has 0 bridgehead atoms. The van der Waals surface area contributed by atoms with E-state index >= 15 is 0 Å². The summed E-state index contributed by atoms with van der Waals surface area (Å²) in [6, 6.07) is 19.2. The molecule has 0 heterocycles. The van der Waals surface area contributed by atoms with Gasteiger partial charge in [-0.15, -0.1) is 0 Å². The second-order valence-corrected chi connectivity index (χ2v) is 9.28. The molecule has 0 unspecified atom stereocenters. The Hall–Kier alpha value is -4.42. The number of rotatable bonds is 12. The summed E-state index contributed by atoms with van der Waals surface area (Å²) in [5, 5.41) is 0. The molecule has 0 aliphatic heterocycles. The van der Waals surface area contributed by atoms with Crippen LogP contribution in [0.1, 0.15) is 49.8 Å². The second kappa shape index (κ2) is 17.2. The van der Waals surface area contributed by atoms with Crippen LogP contribution in [-0.4, -0.2) is 0 Å². The SMILES string of the molecule is C=C(/C=C\C=C/C)/C(=C/c1ccc(C(=CC/C=C/C=C/c2ccccc2)/C=C\C)cc1)CC1=CC=CCC=C1. The van der Waals surface area contributed by atoms with Crippen LogP contribution >= 0.6 is 0 Å². The Morgan fingerprint density at radius 2 is 1.64 bits per heavy atom. The van der Waals surface area contributed by atoms with E-state index < -0.39 is 0 Å². The van der Waals surface area contributed by atoms with Crippen molar-refractivity contribution in [2.24, 2.45) is 0 Å². The number of hydrogen-bond donors (Lipinski definition) is 0. The highest BCUT2D eigenvalue weighted by Crippen LogP contribution is 2.25. The van der Waals surface area contributed by atoms with Crippen LogP contribution in [0.4, 0.5) is 0 Å². The molecule has 0 radical (unpaired) electrons. The Labute approximate surface area is 236 Å². The molecule has 0 fully saturated rings. The van der Waals surface area contributed by atoms with Crippen LogP contribution in [0.5, 0.6) is 0 Å². The minimum Gasteiger partial charge on any atom is -0.0915 e. The summed E-state index contributed by atoms with van der Waals surface area (Å²) in [5.41, 5.74) is 8.36. The van der Waals surface area contributed by atoms with E-state index in [1.807, 2.05) is 25.1 Å². The lowest BCUT2D eigenvalue weighted by Gasteiger charge is -2.10. The topological polar surface area (TPSA) is 0 Å². The summed E-state index contributed by atoms with van der Waals surface area (Å²) < 4.78 is 0. The molecule has 2 aromatic carbocycles. The highest BCUT2D eigenvalue weighted by molar-refractivity contribution is 5.75. The van der Waals surface area contributed by atoms with E-state index in [9.17, 15) is 0 Å². The molecule has 0 saturated heterocycles. The van der Waals surface area contributed by atoms with Gasteiger partial charge in [-0.1, -0.05) is 164 Å². The van der Waals surface area contributed by atoms with Crippen molar-refractivity contribution in [3.8, 4) is 0 Å². The first-order valence-electron chi connectivity index (χ1n) is 13.7. The van der Waals surface area contributed by atoms with Gasteiger partial charge in [-0.25, -0.2) is 0 Å². The zero-order valence-electron chi connectivity index (χ0n) is 23.3. The van der Waals surface area contributed by atoms with Gasteiger partial charge >= 0.3 is 0 Å². The summed E-state index contributed by atoms with van der Waals surface area (Å²) in [4.78, 5) is 0. The van der Waals surface area contributed by atoms with Gasteiger partial charge in [-0.05, 0) is 72.1 Å². The molecule has 0 atom stereocenters. The van der Waals surface area contributed by atoms with Crippen molar-refractivity contribution in [1.82, 2.24) is 0 Å². The Bertz CT molecular complexity index is 1360. The van der Waals surface area contributed by atoms with Crippen LogP contribution in [0.15, 0.2) is 169 Å². The molecular weight excluding hydrogens is 468 g/mol. The predicted octanol–water partition coefficient (Wildman–Crippen LogP) is 11.2. The molecule has 3 rings (SSSR count). The smallest absolute Gasteiger partial charge is 0.00199 e. The first-order valence-corrected chi connectivity index (χ1v) is 13.7. The Kier molecular flexibility index (Phi) is 12.8. The Morgan fingerprint density at radius 1 is 0.821 bits per heavy atom. The minimum absolute atomic E-state index is 0.844. The second-order valence-electron chi connectivity index (χ2n) is 9.28. The molecule has 0 spiro atoms. The highest BCUT2D eigenvalue weighted by Gasteiger charge is 2.05. The van der Waals surface area contributed by atoms with Gasteiger partial charge in [0.1, 0.15) is 0 Å². The molecule has 0 nitrogen and oxygen atoms in total. The van der Waals surface area contributed by atoms with Gasteiger partial charge in [0.2, 0.25) is 0 Å². The summed E-state index contributed by atoms with van der Waals surface area (Å²) in [7, 11) is 0. The van der Waals surface area contributed by atoms with Crippen molar-refractivity contribution in [3.05, 3.63) is 186 Å². The van der Waals surface area contributed by atoms with Crippen LogP contribution in [0.2, 0.25) is 0 Å². The first-order chi connectivity index (χ1) is 19.2. The number of hydrogen-bond acceptors (Lipinski definition) is 0. The maximum atomic E-state index is 4.37. The third-order valence-corrected chi connectivity index (χ3v) is 6.20. The van der Waals surface area contributed by atoms with Gasteiger partial charge in [-0.3, -0.25) is 0 Å². The molecular formula is C39H40. The van der Waals surface area contributed by atoms with Crippen LogP contribution in [-0.2, 0) is 0 Å². The monoisotopic (exact) mass is 508 g/mol. The molecule has 1 aliphatic carbocycles. The summed E-state index contributed by atoms with van der Waals surface area (Å²) in [6.45, 7) is 8.45. The average Bonchev–Trinajstić information content (AvgIpc) is 3.24. The fraction of sp³-hybridized carbons (Fsp3) is 0.128. The summed E-state index contributed by atoms with van der Waals surface area (Å²) in [5.74, 6) is 0. The third-order valence-electron chi connectivity index (χ3n) is 6.20.